The number of hydrogen-bond acceptors (Lipinski definition) is 6. The molecule has 8 heteroatoms. The number of nitrogens with zero attached hydrogens (tertiary/aromatic N) is 1. The van der Waals surface area contributed by atoms with Gasteiger partial charge in [-0.3, -0.25) is 0 Å². The number of anilines is 2. The predicted molar refractivity (Wildman–Crippen MR) is 118 cm³/mol. The van der Waals surface area contributed by atoms with Crippen molar-refractivity contribution in [1.29, 1.82) is 0 Å². The third kappa shape index (κ3) is 5.29. The van der Waals surface area contributed by atoms with Crippen LogP contribution < -0.4 is 19.7 Å². The van der Waals surface area contributed by atoms with Gasteiger partial charge in [0.15, 0.2) is 11.5 Å². The first-order valence-corrected chi connectivity index (χ1v) is 10.4. The summed E-state index contributed by atoms with van der Waals surface area (Å²) in [6.45, 7) is 7.79. The van der Waals surface area contributed by atoms with Gasteiger partial charge in [0.2, 0.25) is 0 Å². The predicted octanol–water partition coefficient (Wildman–Crippen LogP) is 4.28. The van der Waals surface area contributed by atoms with Crippen LogP contribution in [0.15, 0.2) is 30.3 Å². The fourth-order valence-corrected chi connectivity index (χ4v) is 3.66. The van der Waals surface area contributed by atoms with Crippen LogP contribution in [-0.4, -0.2) is 50.6 Å². The minimum absolute atomic E-state index is 0.265. The molecule has 2 N–H and O–H groups in total. The van der Waals surface area contributed by atoms with Crippen molar-refractivity contribution in [2.75, 3.05) is 49.7 Å². The van der Waals surface area contributed by atoms with Crippen LogP contribution >= 0.6 is 11.6 Å². The molecule has 1 heterocycles. The molecule has 1 aliphatic rings. The quantitative estimate of drug-likeness (QED) is 0.609. The summed E-state index contributed by atoms with van der Waals surface area (Å²) in [5, 5.41) is 13.4. The Morgan fingerprint density at radius 2 is 1.90 bits per heavy atom. The van der Waals surface area contributed by atoms with Crippen molar-refractivity contribution < 1.29 is 24.1 Å². The topological polar surface area (TPSA) is 80.3 Å². The van der Waals surface area contributed by atoms with Crippen molar-refractivity contribution in [3.63, 3.8) is 0 Å². The van der Waals surface area contributed by atoms with Gasteiger partial charge in [-0.1, -0.05) is 11.6 Å². The first kappa shape index (κ1) is 22.1. The average Bonchev–Trinajstić information content (AvgIpc) is 2.75. The van der Waals surface area contributed by atoms with E-state index in [1.165, 1.54) is 0 Å². The molecule has 0 spiro atoms. The Hall–Kier alpha value is -2.64. The van der Waals surface area contributed by atoms with Gasteiger partial charge >= 0.3 is 5.97 Å². The first-order valence-electron chi connectivity index (χ1n) is 10.0. The molecule has 0 aromatic heterocycles. The summed E-state index contributed by atoms with van der Waals surface area (Å²) in [5.41, 5.74) is 2.59. The van der Waals surface area contributed by atoms with Crippen LogP contribution in [0.1, 0.15) is 29.8 Å². The van der Waals surface area contributed by atoms with E-state index in [2.05, 4.69) is 5.32 Å². The summed E-state index contributed by atoms with van der Waals surface area (Å²) in [7, 11) is 0. The molecule has 1 fully saturated rings. The number of morpholine rings is 1. The van der Waals surface area contributed by atoms with Crippen LogP contribution in [0, 0.1) is 0 Å². The maximum absolute atomic E-state index is 11.8. The minimum atomic E-state index is -0.956. The zero-order valence-corrected chi connectivity index (χ0v) is 18.0. The van der Waals surface area contributed by atoms with Gasteiger partial charge in [-0.2, -0.15) is 0 Å². The van der Waals surface area contributed by atoms with E-state index in [4.69, 9.17) is 25.8 Å². The summed E-state index contributed by atoms with van der Waals surface area (Å²) in [4.78, 5) is 13.9. The highest BCUT2D eigenvalue weighted by Gasteiger charge is 2.19. The number of carboxylic acids is 1. The van der Waals surface area contributed by atoms with Gasteiger partial charge in [0, 0.05) is 25.3 Å². The highest BCUT2D eigenvalue weighted by molar-refractivity contribution is 6.32. The molecule has 3 rings (SSSR count). The number of nitrogens with one attached hydrogen (secondary N) is 1. The van der Waals surface area contributed by atoms with Gasteiger partial charge in [0.05, 0.1) is 42.7 Å². The molecule has 30 heavy (non-hydrogen) atoms. The second-order valence-corrected chi connectivity index (χ2v) is 7.17. The van der Waals surface area contributed by atoms with Crippen molar-refractivity contribution >= 4 is 28.9 Å². The number of carboxylic acid groups (broad SMARTS) is 1. The lowest BCUT2D eigenvalue weighted by molar-refractivity contribution is 0.0696. The Morgan fingerprint density at radius 3 is 2.57 bits per heavy atom. The van der Waals surface area contributed by atoms with E-state index in [1.54, 1.807) is 6.07 Å². The second-order valence-electron chi connectivity index (χ2n) is 6.76. The molecular formula is C22H27ClN2O5. The minimum Gasteiger partial charge on any atom is -0.490 e. The van der Waals surface area contributed by atoms with Crippen LogP contribution in [0.25, 0.3) is 0 Å². The van der Waals surface area contributed by atoms with E-state index in [9.17, 15) is 9.90 Å². The van der Waals surface area contributed by atoms with Crippen LogP contribution in [0.3, 0.4) is 0 Å². The van der Waals surface area contributed by atoms with Crippen LogP contribution in [0.2, 0.25) is 5.02 Å². The SMILES string of the molecule is CCOc1cc(CNc2ccc(N3CCOCC3)c(C(=O)O)c2)cc(Cl)c1OCC. The lowest BCUT2D eigenvalue weighted by Crippen LogP contribution is -2.37. The molecular weight excluding hydrogens is 408 g/mol. The molecule has 0 atom stereocenters. The molecule has 0 bridgehead atoms. The molecule has 162 valence electrons. The average molecular weight is 435 g/mol. The van der Waals surface area contributed by atoms with Gasteiger partial charge in [-0.25, -0.2) is 4.79 Å². The van der Waals surface area contributed by atoms with E-state index in [1.807, 2.05) is 43.0 Å². The number of halogens is 1. The number of rotatable bonds is 9. The highest BCUT2D eigenvalue weighted by atomic mass is 35.5. The number of hydrogen-bond donors (Lipinski definition) is 2. The Morgan fingerprint density at radius 1 is 1.17 bits per heavy atom. The van der Waals surface area contributed by atoms with E-state index < -0.39 is 5.97 Å². The molecule has 0 amide bonds. The number of ether oxygens (including phenoxy) is 3. The van der Waals surface area contributed by atoms with E-state index in [0.29, 0.717) is 74.0 Å². The van der Waals surface area contributed by atoms with Crippen molar-refractivity contribution in [2.45, 2.75) is 20.4 Å². The molecule has 7 nitrogen and oxygen atoms in total. The molecule has 0 aliphatic carbocycles. The Labute approximate surface area is 181 Å². The molecule has 2 aromatic rings. The molecule has 1 saturated heterocycles. The highest BCUT2D eigenvalue weighted by Crippen LogP contribution is 2.37. The van der Waals surface area contributed by atoms with Gasteiger partial charge in [0.25, 0.3) is 0 Å². The summed E-state index contributed by atoms with van der Waals surface area (Å²) in [6.07, 6.45) is 0. The summed E-state index contributed by atoms with van der Waals surface area (Å²) < 4.78 is 16.6. The van der Waals surface area contributed by atoms with Crippen molar-refractivity contribution in [3.05, 3.63) is 46.5 Å². The standard InChI is InChI=1S/C22H27ClN2O5/c1-3-29-20-12-15(11-18(23)21(20)30-4-2)14-24-16-5-6-19(17(13-16)22(26)27)25-7-9-28-10-8-25/h5-6,11-13,24H,3-4,7-10,14H2,1-2H3,(H,26,27). The van der Waals surface area contributed by atoms with Crippen molar-refractivity contribution in [2.24, 2.45) is 0 Å². The smallest absolute Gasteiger partial charge is 0.337 e. The van der Waals surface area contributed by atoms with Crippen molar-refractivity contribution in [1.82, 2.24) is 0 Å². The van der Waals surface area contributed by atoms with E-state index in [-0.39, 0.29) is 5.56 Å². The largest absolute Gasteiger partial charge is 0.490 e. The van der Waals surface area contributed by atoms with Crippen LogP contribution in [0.4, 0.5) is 11.4 Å². The maximum Gasteiger partial charge on any atom is 0.337 e. The van der Waals surface area contributed by atoms with Gasteiger partial charge in [-0.05, 0) is 49.7 Å². The summed E-state index contributed by atoms with van der Waals surface area (Å²) in [5.74, 6) is 0.174. The van der Waals surface area contributed by atoms with Gasteiger partial charge in [-0.15, -0.1) is 0 Å². The van der Waals surface area contributed by atoms with E-state index >= 15 is 0 Å². The van der Waals surface area contributed by atoms with Gasteiger partial charge in [0.1, 0.15) is 0 Å². The monoisotopic (exact) mass is 434 g/mol. The van der Waals surface area contributed by atoms with Crippen LogP contribution in [-0.2, 0) is 11.3 Å². The zero-order chi connectivity index (χ0) is 21.5. The lowest BCUT2D eigenvalue weighted by atomic mass is 10.1. The fraction of sp³-hybridized carbons (Fsp3) is 0.409. The number of aromatic carboxylic acids is 1. The summed E-state index contributed by atoms with van der Waals surface area (Å²) in [6, 6.07) is 9.09. The molecule has 0 unspecified atom stereocenters. The van der Waals surface area contributed by atoms with Crippen molar-refractivity contribution in [3.8, 4) is 11.5 Å². The van der Waals surface area contributed by atoms with Crippen LogP contribution in [0.5, 0.6) is 11.5 Å². The normalized spacial score (nSPS) is 13.8. The number of carbonyl (C=O) groups is 1. The third-order valence-corrected chi connectivity index (χ3v) is 5.01. The Kier molecular flexibility index (Phi) is 7.65. The second kappa shape index (κ2) is 10.4. The zero-order valence-electron chi connectivity index (χ0n) is 17.2. The maximum atomic E-state index is 11.8. The lowest BCUT2D eigenvalue weighted by Gasteiger charge is -2.30. The van der Waals surface area contributed by atoms with E-state index in [0.717, 1.165) is 5.56 Å². The number of benzene rings is 2. The molecule has 0 saturated carbocycles. The Bertz CT molecular complexity index is 884. The summed E-state index contributed by atoms with van der Waals surface area (Å²) >= 11 is 6.38. The third-order valence-electron chi connectivity index (χ3n) is 4.73. The Balaban J connectivity index is 1.78. The van der Waals surface area contributed by atoms with Gasteiger partial charge < -0.3 is 29.5 Å². The molecule has 1 aliphatic heterocycles. The molecule has 2 aromatic carbocycles. The first-order chi connectivity index (χ1) is 14.5. The molecule has 0 radical (unpaired) electrons. The fourth-order valence-electron chi connectivity index (χ4n) is 3.37.